The Labute approximate surface area is 70.1 Å². The van der Waals surface area contributed by atoms with Crippen LogP contribution in [0.5, 0.6) is 0 Å². The molecule has 0 aromatic heterocycles. The monoisotopic (exact) mass is 156 g/mol. The first kappa shape index (κ1) is 9.05. The standard InChI is InChI=1S/C10H20O/c1-7-8(2,3)10(6)9(4,5)11-10/h7H2,1-6H3. The SMILES string of the molecule is CCC(C)(C)C1(C)OC1(C)C. The average Bonchev–Trinajstić information content (AvgIpc) is 2.35. The van der Waals surface area contributed by atoms with Crippen molar-refractivity contribution in [3.8, 4) is 0 Å². The van der Waals surface area contributed by atoms with Crippen molar-refractivity contribution < 1.29 is 4.74 Å². The van der Waals surface area contributed by atoms with Crippen LogP contribution >= 0.6 is 0 Å². The smallest absolute Gasteiger partial charge is 0.0996 e. The molecule has 1 rings (SSSR count). The van der Waals surface area contributed by atoms with Crippen molar-refractivity contribution in [2.75, 3.05) is 0 Å². The topological polar surface area (TPSA) is 12.5 Å². The van der Waals surface area contributed by atoms with Gasteiger partial charge in [-0.05, 0) is 32.6 Å². The highest BCUT2D eigenvalue weighted by Crippen LogP contribution is 2.58. The summed E-state index contributed by atoms with van der Waals surface area (Å²) in [5.41, 5.74) is 0.484. The molecule has 1 fully saturated rings. The Morgan fingerprint density at radius 3 is 1.64 bits per heavy atom. The van der Waals surface area contributed by atoms with Crippen LogP contribution in [0.1, 0.15) is 48.0 Å². The zero-order chi connectivity index (χ0) is 8.91. The summed E-state index contributed by atoms with van der Waals surface area (Å²) in [6.45, 7) is 13.3. The minimum atomic E-state index is 0.0898. The van der Waals surface area contributed by atoms with Gasteiger partial charge in [0.15, 0.2) is 0 Å². The molecule has 1 heteroatoms. The van der Waals surface area contributed by atoms with Gasteiger partial charge < -0.3 is 4.74 Å². The second-order valence-corrected chi connectivity index (χ2v) is 4.88. The molecule has 0 aromatic rings. The van der Waals surface area contributed by atoms with Gasteiger partial charge in [-0.3, -0.25) is 0 Å². The molecule has 1 saturated heterocycles. The first-order valence-electron chi connectivity index (χ1n) is 4.47. The number of epoxide rings is 1. The summed E-state index contributed by atoms with van der Waals surface area (Å²) in [5.74, 6) is 0. The van der Waals surface area contributed by atoms with Gasteiger partial charge in [-0.2, -0.15) is 0 Å². The maximum absolute atomic E-state index is 5.75. The van der Waals surface area contributed by atoms with Crippen LogP contribution in [-0.2, 0) is 4.74 Å². The van der Waals surface area contributed by atoms with Gasteiger partial charge in [-0.15, -0.1) is 0 Å². The number of hydrogen-bond donors (Lipinski definition) is 0. The number of rotatable bonds is 2. The summed E-state index contributed by atoms with van der Waals surface area (Å²) in [6, 6.07) is 0. The molecule has 1 unspecified atom stereocenters. The van der Waals surface area contributed by atoms with Crippen LogP contribution in [0.25, 0.3) is 0 Å². The molecule has 1 atom stereocenters. The van der Waals surface area contributed by atoms with Crippen LogP contribution in [-0.4, -0.2) is 11.2 Å². The fourth-order valence-corrected chi connectivity index (χ4v) is 1.78. The van der Waals surface area contributed by atoms with E-state index in [1.165, 1.54) is 6.42 Å². The van der Waals surface area contributed by atoms with Crippen molar-refractivity contribution in [1.29, 1.82) is 0 Å². The Hall–Kier alpha value is -0.0400. The van der Waals surface area contributed by atoms with E-state index in [1.54, 1.807) is 0 Å². The summed E-state index contributed by atoms with van der Waals surface area (Å²) in [7, 11) is 0. The molecule has 0 N–H and O–H groups in total. The minimum absolute atomic E-state index is 0.0898. The highest BCUT2D eigenvalue weighted by atomic mass is 16.6. The van der Waals surface area contributed by atoms with Crippen molar-refractivity contribution >= 4 is 0 Å². The number of ether oxygens (including phenoxy) is 1. The molecule has 0 amide bonds. The summed E-state index contributed by atoms with van der Waals surface area (Å²) in [5, 5.41) is 0. The van der Waals surface area contributed by atoms with Gasteiger partial charge in [0.2, 0.25) is 0 Å². The van der Waals surface area contributed by atoms with E-state index < -0.39 is 0 Å². The molecular formula is C10H20O. The largest absolute Gasteiger partial charge is 0.363 e. The molecule has 1 aliphatic heterocycles. The first-order valence-corrected chi connectivity index (χ1v) is 4.47. The third kappa shape index (κ3) is 1.01. The van der Waals surface area contributed by atoms with Gasteiger partial charge in [0.05, 0.1) is 11.2 Å². The third-order valence-corrected chi connectivity index (χ3v) is 3.74. The molecular weight excluding hydrogens is 136 g/mol. The van der Waals surface area contributed by atoms with Crippen LogP contribution in [0, 0.1) is 5.41 Å². The fraction of sp³-hybridized carbons (Fsp3) is 1.00. The average molecular weight is 156 g/mol. The molecule has 0 aromatic carbocycles. The lowest BCUT2D eigenvalue weighted by atomic mass is 9.72. The van der Waals surface area contributed by atoms with Crippen molar-refractivity contribution in [2.45, 2.75) is 59.2 Å². The lowest BCUT2D eigenvalue weighted by Gasteiger charge is -2.29. The van der Waals surface area contributed by atoms with Gasteiger partial charge in [-0.25, -0.2) is 0 Å². The highest BCUT2D eigenvalue weighted by molar-refractivity contribution is 5.14. The molecule has 1 aliphatic rings. The molecule has 0 bridgehead atoms. The van der Waals surface area contributed by atoms with E-state index in [2.05, 4.69) is 41.5 Å². The zero-order valence-corrected chi connectivity index (χ0v) is 8.62. The van der Waals surface area contributed by atoms with Gasteiger partial charge >= 0.3 is 0 Å². The Balaban J connectivity index is 2.78. The van der Waals surface area contributed by atoms with Crippen LogP contribution in [0.4, 0.5) is 0 Å². The highest BCUT2D eigenvalue weighted by Gasteiger charge is 2.66. The van der Waals surface area contributed by atoms with Crippen molar-refractivity contribution in [1.82, 2.24) is 0 Å². The van der Waals surface area contributed by atoms with E-state index in [0.29, 0.717) is 5.41 Å². The maximum Gasteiger partial charge on any atom is 0.0996 e. The first-order chi connectivity index (χ1) is 4.77. The minimum Gasteiger partial charge on any atom is -0.363 e. The normalized spacial score (nSPS) is 35.5. The molecule has 0 spiro atoms. The third-order valence-electron chi connectivity index (χ3n) is 3.74. The van der Waals surface area contributed by atoms with Gasteiger partial charge in [-0.1, -0.05) is 20.8 Å². The Bertz CT molecular complexity index is 170. The van der Waals surface area contributed by atoms with E-state index in [1.807, 2.05) is 0 Å². The lowest BCUT2D eigenvalue weighted by molar-refractivity contribution is 0.148. The summed E-state index contributed by atoms with van der Waals surface area (Å²) in [4.78, 5) is 0. The summed E-state index contributed by atoms with van der Waals surface area (Å²) < 4.78 is 5.75. The van der Waals surface area contributed by atoms with E-state index in [9.17, 15) is 0 Å². The fourth-order valence-electron chi connectivity index (χ4n) is 1.78. The Morgan fingerprint density at radius 1 is 1.18 bits per heavy atom. The second-order valence-electron chi connectivity index (χ2n) is 4.88. The predicted molar refractivity (Wildman–Crippen MR) is 47.6 cm³/mol. The predicted octanol–water partition coefficient (Wildman–Crippen LogP) is 2.99. The van der Waals surface area contributed by atoms with Gasteiger partial charge in [0.25, 0.3) is 0 Å². The van der Waals surface area contributed by atoms with Crippen LogP contribution in [0.2, 0.25) is 0 Å². The lowest BCUT2D eigenvalue weighted by Crippen LogP contribution is -2.34. The molecule has 1 nitrogen and oxygen atoms in total. The molecule has 66 valence electrons. The van der Waals surface area contributed by atoms with E-state index >= 15 is 0 Å². The van der Waals surface area contributed by atoms with Gasteiger partial charge in [0, 0.05) is 0 Å². The van der Waals surface area contributed by atoms with E-state index in [4.69, 9.17) is 4.74 Å². The van der Waals surface area contributed by atoms with E-state index in [0.717, 1.165) is 0 Å². The molecule has 0 radical (unpaired) electrons. The number of hydrogen-bond acceptors (Lipinski definition) is 1. The Kier molecular flexibility index (Phi) is 1.65. The van der Waals surface area contributed by atoms with Crippen LogP contribution in [0.15, 0.2) is 0 Å². The summed E-state index contributed by atoms with van der Waals surface area (Å²) >= 11 is 0. The molecule has 1 heterocycles. The van der Waals surface area contributed by atoms with E-state index in [-0.39, 0.29) is 11.2 Å². The summed E-state index contributed by atoms with van der Waals surface area (Å²) in [6.07, 6.45) is 1.17. The van der Waals surface area contributed by atoms with Crippen LogP contribution < -0.4 is 0 Å². The Morgan fingerprint density at radius 2 is 1.55 bits per heavy atom. The quantitative estimate of drug-likeness (QED) is 0.560. The van der Waals surface area contributed by atoms with Crippen molar-refractivity contribution in [3.05, 3.63) is 0 Å². The molecule has 0 saturated carbocycles. The van der Waals surface area contributed by atoms with Crippen molar-refractivity contribution in [2.24, 2.45) is 5.41 Å². The van der Waals surface area contributed by atoms with Gasteiger partial charge in [0.1, 0.15) is 0 Å². The second kappa shape index (κ2) is 2.01. The zero-order valence-electron chi connectivity index (χ0n) is 8.62. The van der Waals surface area contributed by atoms with Crippen molar-refractivity contribution in [3.63, 3.8) is 0 Å². The molecule has 0 aliphatic carbocycles. The maximum atomic E-state index is 5.75. The molecule has 11 heavy (non-hydrogen) atoms. The van der Waals surface area contributed by atoms with Crippen LogP contribution in [0.3, 0.4) is 0 Å².